The summed E-state index contributed by atoms with van der Waals surface area (Å²) in [6.07, 6.45) is 1.05. The Balaban J connectivity index is 1.84. The van der Waals surface area contributed by atoms with E-state index in [1.165, 1.54) is 24.6 Å². The van der Waals surface area contributed by atoms with Gasteiger partial charge in [0, 0.05) is 18.3 Å². The van der Waals surface area contributed by atoms with Crippen LogP contribution in [0.25, 0.3) is 0 Å². The Morgan fingerprint density at radius 3 is 2.04 bits per heavy atom. The van der Waals surface area contributed by atoms with Crippen LogP contribution in [0.2, 0.25) is 0 Å². The molecule has 6 nitrogen and oxygen atoms in total. The number of hydrogen-bond acceptors (Lipinski definition) is 4. The predicted molar refractivity (Wildman–Crippen MR) is 105 cm³/mol. The molecule has 0 saturated carbocycles. The van der Waals surface area contributed by atoms with Gasteiger partial charge in [0.15, 0.2) is 6.61 Å². The number of nitrogens with one attached hydrogen (secondary N) is 2. The lowest BCUT2D eigenvalue weighted by molar-refractivity contribution is -0.119. The number of amides is 2. The summed E-state index contributed by atoms with van der Waals surface area (Å²) in [5.41, 5.74) is 2.75. The van der Waals surface area contributed by atoms with Gasteiger partial charge >= 0.3 is 5.97 Å². The number of rotatable bonds is 7. The lowest BCUT2D eigenvalue weighted by atomic mass is 9.99. The van der Waals surface area contributed by atoms with Gasteiger partial charge in [-0.1, -0.05) is 26.0 Å². The third kappa shape index (κ3) is 6.26. The molecule has 0 aliphatic rings. The van der Waals surface area contributed by atoms with E-state index >= 15 is 0 Å². The van der Waals surface area contributed by atoms with Crippen LogP contribution >= 0.6 is 0 Å². The topological polar surface area (TPSA) is 84.5 Å². The quantitative estimate of drug-likeness (QED) is 0.725. The number of ether oxygens (including phenoxy) is 1. The van der Waals surface area contributed by atoms with E-state index < -0.39 is 11.9 Å². The molecule has 0 spiro atoms. The molecular weight excluding hydrogens is 344 g/mol. The average molecular weight is 368 g/mol. The smallest absolute Gasteiger partial charge is 0.338 e. The van der Waals surface area contributed by atoms with Crippen LogP contribution in [0.3, 0.4) is 0 Å². The van der Waals surface area contributed by atoms with Crippen molar-refractivity contribution in [1.82, 2.24) is 0 Å². The van der Waals surface area contributed by atoms with Crippen LogP contribution in [0.4, 0.5) is 11.4 Å². The molecular formula is C21H24N2O4. The first-order valence-corrected chi connectivity index (χ1v) is 8.83. The lowest BCUT2D eigenvalue weighted by Crippen LogP contribution is -2.21. The number of esters is 1. The molecule has 0 radical (unpaired) electrons. The minimum atomic E-state index is -0.605. The van der Waals surface area contributed by atoms with Crippen molar-refractivity contribution in [3.8, 4) is 0 Å². The van der Waals surface area contributed by atoms with Gasteiger partial charge in [-0.15, -0.1) is 0 Å². The van der Waals surface area contributed by atoms with E-state index in [9.17, 15) is 14.4 Å². The van der Waals surface area contributed by atoms with E-state index in [1.807, 2.05) is 24.3 Å². The fraction of sp³-hybridized carbons (Fsp3) is 0.286. The highest BCUT2D eigenvalue weighted by atomic mass is 16.5. The Labute approximate surface area is 158 Å². The van der Waals surface area contributed by atoms with Crippen molar-refractivity contribution >= 4 is 29.2 Å². The summed E-state index contributed by atoms with van der Waals surface area (Å²) in [5, 5.41) is 5.31. The van der Waals surface area contributed by atoms with E-state index in [0.29, 0.717) is 22.9 Å². The largest absolute Gasteiger partial charge is 0.452 e. The van der Waals surface area contributed by atoms with Gasteiger partial charge in [0.2, 0.25) is 5.91 Å². The number of anilines is 2. The zero-order chi connectivity index (χ0) is 19.8. The fourth-order valence-corrected chi connectivity index (χ4v) is 2.44. The van der Waals surface area contributed by atoms with Gasteiger partial charge in [0.1, 0.15) is 0 Å². The van der Waals surface area contributed by atoms with Crippen LogP contribution in [0, 0.1) is 0 Å². The molecule has 0 fully saturated rings. The summed E-state index contributed by atoms with van der Waals surface area (Å²) < 4.78 is 5.02. The molecule has 2 aromatic rings. The normalized spacial score (nSPS) is 11.4. The minimum absolute atomic E-state index is 0.195. The summed E-state index contributed by atoms with van der Waals surface area (Å²) >= 11 is 0. The zero-order valence-electron chi connectivity index (χ0n) is 15.7. The van der Waals surface area contributed by atoms with Crippen molar-refractivity contribution in [2.75, 3.05) is 17.2 Å². The first-order chi connectivity index (χ1) is 12.9. The van der Waals surface area contributed by atoms with Gasteiger partial charge in [0.25, 0.3) is 5.91 Å². The van der Waals surface area contributed by atoms with E-state index in [2.05, 4.69) is 24.5 Å². The molecule has 0 aliphatic carbocycles. The van der Waals surface area contributed by atoms with Gasteiger partial charge in [-0.3, -0.25) is 9.59 Å². The molecule has 1 atom stereocenters. The second kappa shape index (κ2) is 9.52. The second-order valence-corrected chi connectivity index (χ2v) is 6.31. The molecule has 6 heteroatoms. The maximum absolute atomic E-state index is 12.0. The van der Waals surface area contributed by atoms with E-state index in [1.54, 1.807) is 12.1 Å². The van der Waals surface area contributed by atoms with Crippen molar-refractivity contribution in [2.24, 2.45) is 0 Å². The monoisotopic (exact) mass is 368 g/mol. The molecule has 0 bridgehead atoms. The predicted octanol–water partition coefficient (Wildman–Crippen LogP) is 3.95. The highest BCUT2D eigenvalue weighted by Gasteiger charge is 2.11. The zero-order valence-corrected chi connectivity index (χ0v) is 15.7. The summed E-state index contributed by atoms with van der Waals surface area (Å²) in [5.74, 6) is -0.743. The van der Waals surface area contributed by atoms with Gasteiger partial charge in [-0.25, -0.2) is 4.79 Å². The average Bonchev–Trinajstić information content (AvgIpc) is 2.66. The van der Waals surface area contributed by atoms with Gasteiger partial charge < -0.3 is 15.4 Å². The van der Waals surface area contributed by atoms with Crippen molar-refractivity contribution in [3.63, 3.8) is 0 Å². The molecule has 142 valence electrons. The first-order valence-electron chi connectivity index (χ1n) is 8.83. The highest BCUT2D eigenvalue weighted by Crippen LogP contribution is 2.20. The van der Waals surface area contributed by atoms with Crippen LogP contribution in [0.5, 0.6) is 0 Å². The Bertz CT molecular complexity index is 798. The van der Waals surface area contributed by atoms with E-state index in [4.69, 9.17) is 4.74 Å². The van der Waals surface area contributed by atoms with Gasteiger partial charge in [-0.2, -0.15) is 0 Å². The van der Waals surface area contributed by atoms with Crippen LogP contribution in [0.15, 0.2) is 48.5 Å². The van der Waals surface area contributed by atoms with Crippen LogP contribution in [-0.2, 0) is 14.3 Å². The van der Waals surface area contributed by atoms with Gasteiger partial charge in [-0.05, 0) is 54.3 Å². The number of hydrogen-bond donors (Lipinski definition) is 2. The number of benzene rings is 2. The van der Waals surface area contributed by atoms with Crippen molar-refractivity contribution in [2.45, 2.75) is 33.1 Å². The standard InChI is InChI=1S/C21H24N2O4/c1-4-14(2)16-5-9-19(10-6-16)23-20(25)13-27-21(26)17-7-11-18(12-8-17)22-15(3)24/h5-12,14H,4,13H2,1-3H3,(H,22,24)(H,23,25)/t14-/m1/s1. The number of carbonyl (C=O) groups is 3. The van der Waals surface area contributed by atoms with E-state index in [-0.39, 0.29) is 12.5 Å². The minimum Gasteiger partial charge on any atom is -0.452 e. The molecule has 2 N–H and O–H groups in total. The summed E-state index contributed by atoms with van der Waals surface area (Å²) in [6, 6.07) is 13.9. The Morgan fingerprint density at radius 2 is 1.48 bits per heavy atom. The molecule has 0 heterocycles. The second-order valence-electron chi connectivity index (χ2n) is 6.31. The summed E-state index contributed by atoms with van der Waals surface area (Å²) in [7, 11) is 0. The molecule has 0 saturated heterocycles. The molecule has 0 aromatic heterocycles. The van der Waals surface area contributed by atoms with Crippen molar-refractivity contribution in [3.05, 3.63) is 59.7 Å². The van der Waals surface area contributed by atoms with Crippen LogP contribution < -0.4 is 10.6 Å². The molecule has 27 heavy (non-hydrogen) atoms. The molecule has 2 aromatic carbocycles. The van der Waals surface area contributed by atoms with Gasteiger partial charge in [0.05, 0.1) is 5.56 Å². The molecule has 0 aliphatic heterocycles. The van der Waals surface area contributed by atoms with Crippen LogP contribution in [-0.4, -0.2) is 24.4 Å². The van der Waals surface area contributed by atoms with Crippen LogP contribution in [0.1, 0.15) is 49.0 Å². The first kappa shape index (κ1) is 20.2. The summed E-state index contributed by atoms with van der Waals surface area (Å²) in [4.78, 5) is 34.9. The van der Waals surface area contributed by atoms with Crippen molar-refractivity contribution in [1.29, 1.82) is 0 Å². The Hall–Kier alpha value is -3.15. The maximum Gasteiger partial charge on any atom is 0.338 e. The third-order valence-electron chi connectivity index (χ3n) is 4.15. The summed E-state index contributed by atoms with van der Waals surface area (Å²) in [6.45, 7) is 5.30. The molecule has 0 unspecified atom stereocenters. The third-order valence-corrected chi connectivity index (χ3v) is 4.15. The van der Waals surface area contributed by atoms with Crippen molar-refractivity contribution < 1.29 is 19.1 Å². The Morgan fingerprint density at radius 1 is 0.926 bits per heavy atom. The molecule has 2 amide bonds. The maximum atomic E-state index is 12.0. The SMILES string of the molecule is CC[C@@H](C)c1ccc(NC(=O)COC(=O)c2ccc(NC(C)=O)cc2)cc1. The fourth-order valence-electron chi connectivity index (χ4n) is 2.44. The highest BCUT2D eigenvalue weighted by molar-refractivity contribution is 5.96. The lowest BCUT2D eigenvalue weighted by Gasteiger charge is -2.11. The number of carbonyl (C=O) groups excluding carboxylic acids is 3. The Kier molecular flexibility index (Phi) is 7.11. The van der Waals surface area contributed by atoms with E-state index in [0.717, 1.165) is 6.42 Å². The molecule has 2 rings (SSSR count).